The molecule has 1 atom stereocenters. The van der Waals surface area contributed by atoms with Gasteiger partial charge in [0.2, 0.25) is 0 Å². The zero-order valence-electron chi connectivity index (χ0n) is 12.1. The van der Waals surface area contributed by atoms with Crippen molar-refractivity contribution in [2.75, 3.05) is 13.1 Å². The summed E-state index contributed by atoms with van der Waals surface area (Å²) in [6.45, 7) is 4.59. The van der Waals surface area contributed by atoms with Gasteiger partial charge in [-0.05, 0) is 24.6 Å². The average molecular weight is 323 g/mol. The molecule has 0 heterocycles. The fourth-order valence-corrected chi connectivity index (χ4v) is 2.68. The lowest BCUT2D eigenvalue weighted by molar-refractivity contribution is 0.545. The van der Waals surface area contributed by atoms with Crippen LogP contribution in [0, 0.1) is 0 Å². The molecule has 2 aromatic rings. The van der Waals surface area contributed by atoms with Gasteiger partial charge in [-0.2, -0.15) is 0 Å². The third-order valence-electron chi connectivity index (χ3n) is 3.42. The molecule has 0 radical (unpaired) electrons. The van der Waals surface area contributed by atoms with Crippen molar-refractivity contribution < 1.29 is 0 Å². The van der Waals surface area contributed by atoms with Crippen LogP contribution in [0.4, 0.5) is 0 Å². The van der Waals surface area contributed by atoms with E-state index in [0.717, 1.165) is 18.7 Å². The largest absolute Gasteiger partial charge is 0.311 e. The Hall–Kier alpha value is -1.06. The van der Waals surface area contributed by atoms with Crippen LogP contribution < -0.4 is 10.6 Å². The van der Waals surface area contributed by atoms with Gasteiger partial charge in [-0.3, -0.25) is 0 Å². The van der Waals surface area contributed by atoms with Gasteiger partial charge in [0.25, 0.3) is 0 Å². The van der Waals surface area contributed by atoms with Crippen LogP contribution in [-0.4, -0.2) is 13.1 Å². The maximum absolute atomic E-state index is 6.13. The first-order valence-corrected chi connectivity index (χ1v) is 7.86. The van der Waals surface area contributed by atoms with Crippen LogP contribution in [-0.2, 0) is 6.54 Å². The lowest BCUT2D eigenvalue weighted by Crippen LogP contribution is -2.29. The van der Waals surface area contributed by atoms with E-state index in [1.54, 1.807) is 0 Å². The molecular weight excluding hydrogens is 303 g/mol. The summed E-state index contributed by atoms with van der Waals surface area (Å²) in [7, 11) is 0. The second-order valence-corrected chi connectivity index (χ2v) is 5.78. The Bertz CT molecular complexity index is 538. The van der Waals surface area contributed by atoms with Crippen molar-refractivity contribution in [3.63, 3.8) is 0 Å². The predicted molar refractivity (Wildman–Crippen MR) is 91.0 cm³/mol. The van der Waals surface area contributed by atoms with E-state index in [9.17, 15) is 0 Å². The summed E-state index contributed by atoms with van der Waals surface area (Å²) in [4.78, 5) is 0. The minimum Gasteiger partial charge on any atom is -0.311 e. The zero-order valence-corrected chi connectivity index (χ0v) is 13.6. The molecule has 0 aromatic heterocycles. The van der Waals surface area contributed by atoms with Gasteiger partial charge in [0.05, 0.1) is 0 Å². The molecule has 0 fully saturated rings. The number of hydrogen-bond donors (Lipinski definition) is 2. The highest BCUT2D eigenvalue weighted by atomic mass is 35.5. The first-order chi connectivity index (χ1) is 10.2. The van der Waals surface area contributed by atoms with Gasteiger partial charge in [0.15, 0.2) is 0 Å². The highest BCUT2D eigenvalue weighted by Gasteiger charge is 2.05. The van der Waals surface area contributed by atoms with Crippen LogP contribution in [0.15, 0.2) is 48.5 Å². The summed E-state index contributed by atoms with van der Waals surface area (Å²) >= 11 is 12.3. The van der Waals surface area contributed by atoms with E-state index in [-0.39, 0.29) is 0 Å². The molecule has 2 N–H and O–H groups in total. The Morgan fingerprint density at radius 1 is 0.905 bits per heavy atom. The van der Waals surface area contributed by atoms with Crippen molar-refractivity contribution in [3.05, 3.63) is 69.7 Å². The minimum atomic E-state index is 0.344. The van der Waals surface area contributed by atoms with Crippen LogP contribution in [0.1, 0.15) is 24.1 Å². The van der Waals surface area contributed by atoms with Crippen LogP contribution in [0.3, 0.4) is 0 Å². The van der Waals surface area contributed by atoms with E-state index in [4.69, 9.17) is 23.2 Å². The summed E-state index contributed by atoms with van der Waals surface area (Å²) in [6, 6.07) is 16.3. The molecule has 2 rings (SSSR count). The maximum Gasteiger partial charge on any atom is 0.0465 e. The average Bonchev–Trinajstić information content (AvgIpc) is 2.50. The molecule has 0 saturated heterocycles. The Balaban J connectivity index is 1.71. The van der Waals surface area contributed by atoms with Gasteiger partial charge in [-0.15, -0.1) is 0 Å². The topological polar surface area (TPSA) is 24.1 Å². The Kier molecular flexibility index (Phi) is 6.52. The highest BCUT2D eigenvalue weighted by molar-refractivity contribution is 6.35. The Labute approximate surface area is 136 Å². The molecule has 0 amide bonds. The van der Waals surface area contributed by atoms with Crippen molar-refractivity contribution in [2.45, 2.75) is 19.5 Å². The van der Waals surface area contributed by atoms with Crippen LogP contribution in [0.5, 0.6) is 0 Å². The van der Waals surface area contributed by atoms with E-state index in [2.05, 4.69) is 41.8 Å². The van der Waals surface area contributed by atoms with E-state index < -0.39 is 0 Å². The normalized spacial score (nSPS) is 12.3. The highest BCUT2D eigenvalue weighted by Crippen LogP contribution is 2.23. The van der Waals surface area contributed by atoms with E-state index in [1.807, 2.05) is 24.3 Å². The molecule has 21 heavy (non-hydrogen) atoms. The molecule has 0 aliphatic heterocycles. The molecule has 0 aliphatic carbocycles. The number of hydrogen-bond acceptors (Lipinski definition) is 2. The predicted octanol–water partition coefficient (Wildman–Crippen LogP) is 4.43. The van der Waals surface area contributed by atoms with Crippen LogP contribution in [0.2, 0.25) is 10.0 Å². The summed E-state index contributed by atoms with van der Waals surface area (Å²) in [5, 5.41) is 8.26. The van der Waals surface area contributed by atoms with Crippen molar-refractivity contribution in [3.8, 4) is 0 Å². The number of rotatable bonds is 7. The second-order valence-electron chi connectivity index (χ2n) is 4.96. The number of halogens is 2. The lowest BCUT2D eigenvalue weighted by Gasteiger charge is -2.15. The zero-order chi connectivity index (χ0) is 15.1. The van der Waals surface area contributed by atoms with E-state index in [0.29, 0.717) is 22.6 Å². The maximum atomic E-state index is 6.13. The molecule has 1 unspecified atom stereocenters. The Morgan fingerprint density at radius 3 is 2.24 bits per heavy atom. The van der Waals surface area contributed by atoms with Crippen molar-refractivity contribution in [1.29, 1.82) is 0 Å². The van der Waals surface area contributed by atoms with Crippen molar-refractivity contribution in [1.82, 2.24) is 10.6 Å². The quantitative estimate of drug-likeness (QED) is 0.737. The monoisotopic (exact) mass is 322 g/mol. The molecule has 0 bridgehead atoms. The lowest BCUT2D eigenvalue weighted by atomic mass is 10.1. The number of nitrogens with one attached hydrogen (secondary N) is 2. The van der Waals surface area contributed by atoms with Gasteiger partial charge in [0.1, 0.15) is 0 Å². The SMILES string of the molecule is CC(NCCNCc1c(Cl)cccc1Cl)c1ccccc1. The molecule has 0 saturated carbocycles. The van der Waals surface area contributed by atoms with E-state index >= 15 is 0 Å². The molecule has 0 spiro atoms. The minimum absolute atomic E-state index is 0.344. The first kappa shape index (κ1) is 16.3. The molecule has 0 aliphatic rings. The van der Waals surface area contributed by atoms with Crippen molar-refractivity contribution in [2.24, 2.45) is 0 Å². The smallest absolute Gasteiger partial charge is 0.0465 e. The van der Waals surface area contributed by atoms with Crippen molar-refractivity contribution >= 4 is 23.2 Å². The molecular formula is C17H20Cl2N2. The molecule has 4 heteroatoms. The summed E-state index contributed by atoms with van der Waals surface area (Å²) in [6.07, 6.45) is 0. The third kappa shape index (κ3) is 5.01. The first-order valence-electron chi connectivity index (χ1n) is 7.10. The summed E-state index contributed by atoms with van der Waals surface area (Å²) in [5.41, 5.74) is 2.25. The van der Waals surface area contributed by atoms with Crippen LogP contribution in [0.25, 0.3) is 0 Å². The summed E-state index contributed by atoms with van der Waals surface area (Å²) in [5.74, 6) is 0. The van der Waals surface area contributed by atoms with Gasteiger partial charge in [-0.25, -0.2) is 0 Å². The third-order valence-corrected chi connectivity index (χ3v) is 4.12. The van der Waals surface area contributed by atoms with Crippen LogP contribution >= 0.6 is 23.2 Å². The van der Waals surface area contributed by atoms with E-state index in [1.165, 1.54) is 5.56 Å². The Morgan fingerprint density at radius 2 is 1.57 bits per heavy atom. The van der Waals surface area contributed by atoms with Gasteiger partial charge in [0, 0.05) is 41.3 Å². The number of benzene rings is 2. The van der Waals surface area contributed by atoms with Gasteiger partial charge in [-0.1, -0.05) is 59.6 Å². The summed E-state index contributed by atoms with van der Waals surface area (Å²) < 4.78 is 0. The standard InChI is InChI=1S/C17H20Cl2N2/c1-13(14-6-3-2-4-7-14)21-11-10-20-12-15-16(18)8-5-9-17(15)19/h2-9,13,20-21H,10-12H2,1H3. The fraction of sp³-hybridized carbons (Fsp3) is 0.294. The molecule has 2 aromatic carbocycles. The van der Waals surface area contributed by atoms with Gasteiger partial charge < -0.3 is 10.6 Å². The van der Waals surface area contributed by atoms with Gasteiger partial charge >= 0.3 is 0 Å². The fourth-order valence-electron chi connectivity index (χ4n) is 2.15. The second kappa shape index (κ2) is 8.40. The molecule has 2 nitrogen and oxygen atoms in total. The molecule has 112 valence electrons.